The van der Waals surface area contributed by atoms with Gasteiger partial charge in [0.1, 0.15) is 0 Å². The van der Waals surface area contributed by atoms with Crippen molar-refractivity contribution >= 4 is 15.5 Å². The molecule has 5 nitrogen and oxygen atoms in total. The molecule has 1 rings (SSSR count). The first-order valence-electron chi connectivity index (χ1n) is 6.39. The highest BCUT2D eigenvalue weighted by molar-refractivity contribution is 7.90. The van der Waals surface area contributed by atoms with Crippen molar-refractivity contribution in [3.8, 4) is 0 Å². The molecule has 0 heterocycles. The zero-order chi connectivity index (χ0) is 15.5. The highest BCUT2D eigenvalue weighted by Gasteiger charge is 2.17. The van der Waals surface area contributed by atoms with Crippen LogP contribution in [0.3, 0.4) is 0 Å². The molecule has 0 radical (unpaired) electrons. The Hall–Kier alpha value is -1.43. The molecule has 0 bridgehead atoms. The minimum Gasteiger partial charge on any atom is -0.258 e. The van der Waals surface area contributed by atoms with Crippen LogP contribution in [0.25, 0.3) is 0 Å². The van der Waals surface area contributed by atoms with Gasteiger partial charge in [0.15, 0.2) is 9.84 Å². The Labute approximate surface area is 115 Å². The van der Waals surface area contributed by atoms with E-state index in [1.165, 1.54) is 25.1 Å². The molecule has 0 amide bonds. The van der Waals surface area contributed by atoms with Gasteiger partial charge in [-0.3, -0.25) is 10.1 Å². The van der Waals surface area contributed by atoms with Crippen LogP contribution in [-0.4, -0.2) is 19.1 Å². The maximum atomic E-state index is 11.3. The van der Waals surface area contributed by atoms with Gasteiger partial charge < -0.3 is 0 Å². The molecular weight excluding hydrogens is 266 g/mol. The minimum absolute atomic E-state index is 0.0148. The van der Waals surface area contributed by atoms with Crippen LogP contribution in [0.5, 0.6) is 0 Å². The third kappa shape index (κ3) is 7.56. The van der Waals surface area contributed by atoms with Crippen LogP contribution in [-0.2, 0) is 15.6 Å². The molecule has 0 aromatic heterocycles. The summed E-state index contributed by atoms with van der Waals surface area (Å²) in [6.45, 7) is 9.52. The normalized spacial score (nSPS) is 9.53. The zero-order valence-corrected chi connectivity index (χ0v) is 13.0. The first-order chi connectivity index (χ1) is 8.96. The van der Waals surface area contributed by atoms with Crippen molar-refractivity contribution < 1.29 is 13.3 Å². The third-order valence-corrected chi connectivity index (χ3v) is 3.63. The van der Waals surface area contributed by atoms with Crippen molar-refractivity contribution in [1.82, 2.24) is 0 Å². The van der Waals surface area contributed by atoms with Gasteiger partial charge in [0.2, 0.25) is 0 Å². The lowest BCUT2D eigenvalue weighted by Gasteiger charge is -2.02. The Morgan fingerprint density at radius 1 is 1.11 bits per heavy atom. The molecule has 0 aliphatic carbocycles. The van der Waals surface area contributed by atoms with Crippen molar-refractivity contribution in [3.05, 3.63) is 39.9 Å². The number of hydrogen-bond acceptors (Lipinski definition) is 4. The number of nitro groups is 1. The molecule has 0 saturated heterocycles. The number of benzene rings is 1. The largest absolute Gasteiger partial charge is 0.273 e. The van der Waals surface area contributed by atoms with Crippen LogP contribution in [0.2, 0.25) is 0 Å². The number of hydrogen-bond donors (Lipinski definition) is 0. The Morgan fingerprint density at radius 3 is 2.00 bits per heavy atom. The molecule has 0 saturated carbocycles. The van der Waals surface area contributed by atoms with Crippen LogP contribution in [0.4, 0.5) is 5.69 Å². The quantitative estimate of drug-likeness (QED) is 0.627. The third-order valence-electron chi connectivity index (χ3n) is 2.00. The zero-order valence-electron chi connectivity index (χ0n) is 12.2. The van der Waals surface area contributed by atoms with E-state index >= 15 is 0 Å². The Balaban J connectivity index is 0. The predicted molar refractivity (Wildman–Crippen MR) is 79.0 cm³/mol. The molecular formula is C13H23NO4S. The molecule has 0 fully saturated rings. The van der Waals surface area contributed by atoms with Crippen LogP contribution in [0.15, 0.2) is 24.3 Å². The van der Waals surface area contributed by atoms with Gasteiger partial charge in [-0.25, -0.2) is 8.42 Å². The Bertz CT molecular complexity index is 469. The molecule has 19 heavy (non-hydrogen) atoms. The first kappa shape index (κ1) is 19.9. The Morgan fingerprint density at radius 2 is 1.58 bits per heavy atom. The predicted octanol–water partition coefficient (Wildman–Crippen LogP) is 3.58. The lowest BCUT2D eigenvalue weighted by molar-refractivity contribution is -0.385. The van der Waals surface area contributed by atoms with E-state index in [-0.39, 0.29) is 22.8 Å². The Kier molecular flexibility index (Phi) is 11.0. The van der Waals surface area contributed by atoms with E-state index in [1.54, 1.807) is 6.07 Å². The smallest absolute Gasteiger partial charge is 0.258 e. The number of nitro benzene ring substituents is 1. The van der Waals surface area contributed by atoms with Gasteiger partial charge in [-0.2, -0.15) is 0 Å². The van der Waals surface area contributed by atoms with Gasteiger partial charge >= 0.3 is 0 Å². The lowest BCUT2D eigenvalue weighted by Crippen LogP contribution is -2.08. The number of para-hydroxylation sites is 1. The van der Waals surface area contributed by atoms with Crippen LogP contribution >= 0.6 is 0 Å². The first-order valence-corrected chi connectivity index (χ1v) is 8.21. The van der Waals surface area contributed by atoms with Crippen LogP contribution < -0.4 is 0 Å². The van der Waals surface area contributed by atoms with Gasteiger partial charge in [0, 0.05) is 17.4 Å². The second-order valence-corrected chi connectivity index (χ2v) is 5.42. The summed E-state index contributed by atoms with van der Waals surface area (Å²) in [6, 6.07) is 5.87. The highest BCUT2D eigenvalue weighted by Crippen LogP contribution is 2.20. The molecule has 110 valence electrons. The van der Waals surface area contributed by atoms with E-state index in [4.69, 9.17) is 0 Å². The standard InChI is InChI=1S/C9H11NO4S.2C2H6/c1-2-15(13,14)7-8-5-3-4-6-9(8)10(11)12;2*1-2/h3-6H,2,7H2,1H3;2*1-2H3. The second-order valence-electron chi connectivity index (χ2n) is 3.06. The van der Waals surface area contributed by atoms with Gasteiger partial charge in [0.05, 0.1) is 10.7 Å². The SMILES string of the molecule is CC.CC.CCS(=O)(=O)Cc1ccccc1[N+](=O)[O-]. The maximum Gasteiger partial charge on any atom is 0.273 e. The minimum atomic E-state index is -3.23. The van der Waals surface area contributed by atoms with Gasteiger partial charge in [-0.05, 0) is 0 Å². The van der Waals surface area contributed by atoms with Gasteiger partial charge in [0.25, 0.3) is 5.69 Å². The fourth-order valence-corrected chi connectivity index (χ4v) is 2.07. The summed E-state index contributed by atoms with van der Waals surface area (Å²) >= 11 is 0. The summed E-state index contributed by atoms with van der Waals surface area (Å²) in [5, 5.41) is 10.6. The topological polar surface area (TPSA) is 77.3 Å². The number of nitrogens with zero attached hydrogens (tertiary/aromatic N) is 1. The average Bonchev–Trinajstić information content (AvgIpc) is 2.43. The van der Waals surface area contributed by atoms with Crippen molar-refractivity contribution in [3.63, 3.8) is 0 Å². The molecule has 0 atom stereocenters. The van der Waals surface area contributed by atoms with E-state index in [1.807, 2.05) is 27.7 Å². The van der Waals surface area contributed by atoms with E-state index in [0.717, 1.165) is 0 Å². The van der Waals surface area contributed by atoms with Gasteiger partial charge in [-0.1, -0.05) is 52.8 Å². The lowest BCUT2D eigenvalue weighted by atomic mass is 10.2. The summed E-state index contributed by atoms with van der Waals surface area (Å²) in [7, 11) is -3.23. The van der Waals surface area contributed by atoms with Crippen molar-refractivity contribution in [2.45, 2.75) is 40.4 Å². The number of sulfone groups is 1. The second kappa shape index (κ2) is 10.5. The molecule has 0 aliphatic rings. The number of rotatable bonds is 4. The summed E-state index contributed by atoms with van der Waals surface area (Å²) in [4.78, 5) is 10.0. The molecule has 6 heteroatoms. The van der Waals surface area contributed by atoms with Gasteiger partial charge in [-0.15, -0.1) is 0 Å². The average molecular weight is 289 g/mol. The van der Waals surface area contributed by atoms with E-state index in [0.29, 0.717) is 0 Å². The van der Waals surface area contributed by atoms with E-state index < -0.39 is 14.8 Å². The van der Waals surface area contributed by atoms with Crippen LogP contribution in [0, 0.1) is 10.1 Å². The summed E-state index contributed by atoms with van der Waals surface area (Å²) < 4.78 is 22.6. The fraction of sp³-hybridized carbons (Fsp3) is 0.538. The van der Waals surface area contributed by atoms with Crippen molar-refractivity contribution in [2.24, 2.45) is 0 Å². The van der Waals surface area contributed by atoms with Crippen molar-refractivity contribution in [1.29, 1.82) is 0 Å². The van der Waals surface area contributed by atoms with Crippen molar-refractivity contribution in [2.75, 3.05) is 5.75 Å². The van der Waals surface area contributed by atoms with E-state index in [9.17, 15) is 18.5 Å². The van der Waals surface area contributed by atoms with E-state index in [2.05, 4.69) is 0 Å². The molecule has 1 aromatic carbocycles. The fourth-order valence-electron chi connectivity index (χ4n) is 1.15. The molecule has 1 aromatic rings. The summed E-state index contributed by atoms with van der Waals surface area (Å²) in [5.41, 5.74) is 0.0962. The summed E-state index contributed by atoms with van der Waals surface area (Å²) in [6.07, 6.45) is 0. The molecule has 0 aliphatic heterocycles. The monoisotopic (exact) mass is 289 g/mol. The maximum absolute atomic E-state index is 11.3. The molecule has 0 N–H and O–H groups in total. The van der Waals surface area contributed by atoms with Crippen LogP contribution in [0.1, 0.15) is 40.2 Å². The highest BCUT2D eigenvalue weighted by atomic mass is 32.2. The molecule has 0 unspecified atom stereocenters. The molecule has 0 spiro atoms. The summed E-state index contributed by atoms with van der Waals surface area (Å²) in [5.74, 6) is -0.292.